The molecule has 1 fully saturated rings. The maximum absolute atomic E-state index is 9.72. The molecule has 0 bridgehead atoms. The molecule has 25 heavy (non-hydrogen) atoms. The molecule has 1 aliphatic carbocycles. The maximum atomic E-state index is 9.72. The van der Waals surface area contributed by atoms with Crippen LogP contribution >= 0.6 is 0 Å². The van der Waals surface area contributed by atoms with E-state index in [-0.39, 0.29) is 0 Å². The molecule has 1 saturated carbocycles. The van der Waals surface area contributed by atoms with Crippen molar-refractivity contribution < 1.29 is 5.11 Å². The molecular weight excluding hydrogens is 304 g/mol. The number of hydrogen-bond acceptors (Lipinski definition) is 1. The van der Waals surface area contributed by atoms with Crippen LogP contribution in [0.15, 0.2) is 84.9 Å². The van der Waals surface area contributed by atoms with Crippen LogP contribution < -0.4 is 0 Å². The Morgan fingerprint density at radius 2 is 1.04 bits per heavy atom. The van der Waals surface area contributed by atoms with Gasteiger partial charge in [0.2, 0.25) is 0 Å². The van der Waals surface area contributed by atoms with E-state index in [4.69, 9.17) is 0 Å². The molecule has 0 saturated heterocycles. The van der Waals surface area contributed by atoms with Gasteiger partial charge in [-0.05, 0) is 59.4 Å². The Morgan fingerprint density at radius 1 is 0.560 bits per heavy atom. The zero-order valence-corrected chi connectivity index (χ0v) is 14.4. The van der Waals surface area contributed by atoms with Crippen LogP contribution in [0.2, 0.25) is 0 Å². The van der Waals surface area contributed by atoms with Crippen molar-refractivity contribution in [2.75, 3.05) is 0 Å². The summed E-state index contributed by atoms with van der Waals surface area (Å²) >= 11 is 0. The molecule has 0 spiro atoms. The van der Waals surface area contributed by atoms with Gasteiger partial charge in [0.25, 0.3) is 0 Å². The summed E-state index contributed by atoms with van der Waals surface area (Å²) in [6, 6.07) is 29.7. The van der Waals surface area contributed by atoms with Crippen LogP contribution in [0.25, 0.3) is 0 Å². The van der Waals surface area contributed by atoms with Gasteiger partial charge in [-0.15, -0.1) is 0 Å². The van der Waals surface area contributed by atoms with Gasteiger partial charge in [-0.3, -0.25) is 0 Å². The molecule has 0 aromatic heterocycles. The number of rotatable bonds is 3. The molecule has 0 aliphatic heterocycles. The molecule has 3 aromatic rings. The van der Waals surface area contributed by atoms with E-state index in [1.54, 1.807) is 0 Å². The van der Waals surface area contributed by atoms with E-state index in [1.165, 1.54) is 36.0 Å². The van der Waals surface area contributed by atoms with E-state index in [2.05, 4.69) is 72.8 Å². The fourth-order valence-electron chi connectivity index (χ4n) is 4.51. The molecule has 0 heterocycles. The lowest BCUT2D eigenvalue weighted by Gasteiger charge is -2.39. The SMILES string of the molecule is Oc1ccc(C2C(c3ccccc3)CCCC2c2ccccc2)cc1. The van der Waals surface area contributed by atoms with Gasteiger partial charge in [0.1, 0.15) is 5.75 Å². The van der Waals surface area contributed by atoms with Gasteiger partial charge in [0.15, 0.2) is 0 Å². The van der Waals surface area contributed by atoms with Crippen molar-refractivity contribution in [2.24, 2.45) is 0 Å². The third-order valence-corrected chi connectivity index (χ3v) is 5.63. The van der Waals surface area contributed by atoms with Crippen molar-refractivity contribution in [1.29, 1.82) is 0 Å². The highest BCUT2D eigenvalue weighted by Crippen LogP contribution is 2.51. The molecule has 2 atom stereocenters. The van der Waals surface area contributed by atoms with Crippen molar-refractivity contribution in [3.63, 3.8) is 0 Å². The summed E-state index contributed by atoms with van der Waals surface area (Å²) in [6.07, 6.45) is 3.70. The van der Waals surface area contributed by atoms with Crippen molar-refractivity contribution in [1.82, 2.24) is 0 Å². The van der Waals surface area contributed by atoms with Crippen LogP contribution in [0.1, 0.15) is 53.7 Å². The summed E-state index contributed by atoms with van der Waals surface area (Å²) in [4.78, 5) is 0. The number of benzene rings is 3. The first-order chi connectivity index (χ1) is 12.3. The third-order valence-electron chi connectivity index (χ3n) is 5.63. The monoisotopic (exact) mass is 328 g/mol. The molecular formula is C24H24O. The number of phenols is 1. The normalized spacial score (nSPS) is 23.3. The van der Waals surface area contributed by atoms with Crippen molar-refractivity contribution in [3.05, 3.63) is 102 Å². The molecule has 3 aromatic carbocycles. The lowest BCUT2D eigenvalue weighted by atomic mass is 9.64. The van der Waals surface area contributed by atoms with Crippen LogP contribution in [0, 0.1) is 0 Å². The number of phenolic OH excluding ortho intramolecular Hbond substituents is 1. The molecule has 1 heteroatoms. The average Bonchev–Trinajstić information content (AvgIpc) is 2.69. The molecule has 0 amide bonds. The van der Waals surface area contributed by atoms with E-state index in [9.17, 15) is 5.11 Å². The largest absolute Gasteiger partial charge is 0.508 e. The predicted octanol–water partition coefficient (Wildman–Crippen LogP) is 6.23. The lowest BCUT2D eigenvalue weighted by molar-refractivity contribution is 0.338. The second kappa shape index (κ2) is 7.14. The van der Waals surface area contributed by atoms with Gasteiger partial charge in [-0.1, -0.05) is 79.2 Å². The Balaban J connectivity index is 1.79. The lowest BCUT2D eigenvalue weighted by Crippen LogP contribution is -2.24. The molecule has 2 unspecified atom stereocenters. The smallest absolute Gasteiger partial charge is 0.115 e. The fraction of sp³-hybridized carbons (Fsp3) is 0.250. The minimum atomic E-state index is 0.340. The van der Waals surface area contributed by atoms with Gasteiger partial charge in [-0.2, -0.15) is 0 Å². The second-order valence-electron chi connectivity index (χ2n) is 7.08. The highest BCUT2D eigenvalue weighted by atomic mass is 16.3. The summed E-state index contributed by atoms with van der Waals surface area (Å²) < 4.78 is 0. The average molecular weight is 328 g/mol. The predicted molar refractivity (Wildman–Crippen MR) is 103 cm³/mol. The van der Waals surface area contributed by atoms with E-state index >= 15 is 0 Å². The summed E-state index contributed by atoms with van der Waals surface area (Å²) in [5.74, 6) is 1.82. The van der Waals surface area contributed by atoms with Crippen molar-refractivity contribution >= 4 is 0 Å². The van der Waals surface area contributed by atoms with Crippen LogP contribution in [-0.4, -0.2) is 5.11 Å². The Kier molecular flexibility index (Phi) is 4.56. The van der Waals surface area contributed by atoms with E-state index < -0.39 is 0 Å². The first-order valence-corrected chi connectivity index (χ1v) is 9.22. The van der Waals surface area contributed by atoms with Crippen molar-refractivity contribution in [2.45, 2.75) is 37.0 Å². The molecule has 0 radical (unpaired) electrons. The zero-order chi connectivity index (χ0) is 17.1. The van der Waals surface area contributed by atoms with Gasteiger partial charge in [-0.25, -0.2) is 0 Å². The topological polar surface area (TPSA) is 20.2 Å². The van der Waals surface area contributed by atoms with Gasteiger partial charge < -0.3 is 5.11 Å². The second-order valence-corrected chi connectivity index (χ2v) is 7.08. The minimum Gasteiger partial charge on any atom is -0.508 e. The van der Waals surface area contributed by atoms with Crippen LogP contribution in [0.3, 0.4) is 0 Å². The first-order valence-electron chi connectivity index (χ1n) is 9.22. The van der Waals surface area contributed by atoms with E-state index in [0.717, 1.165) is 0 Å². The summed E-state index contributed by atoms with van der Waals surface area (Å²) in [5, 5.41) is 9.72. The molecule has 1 nitrogen and oxygen atoms in total. The first kappa shape index (κ1) is 16.0. The molecule has 126 valence electrons. The van der Waals surface area contributed by atoms with E-state index in [1.807, 2.05) is 12.1 Å². The summed E-state index contributed by atoms with van der Waals surface area (Å²) in [5.41, 5.74) is 4.20. The van der Waals surface area contributed by atoms with Gasteiger partial charge in [0, 0.05) is 0 Å². The Labute approximate surface area is 150 Å². The minimum absolute atomic E-state index is 0.340. The van der Waals surface area contributed by atoms with Crippen molar-refractivity contribution in [3.8, 4) is 5.75 Å². The molecule has 1 aliphatic rings. The summed E-state index contributed by atoms with van der Waals surface area (Å²) in [7, 11) is 0. The zero-order valence-electron chi connectivity index (χ0n) is 14.4. The highest BCUT2D eigenvalue weighted by Gasteiger charge is 2.35. The Bertz CT molecular complexity index is 745. The molecule has 1 N–H and O–H groups in total. The highest BCUT2D eigenvalue weighted by molar-refractivity contribution is 5.37. The van der Waals surface area contributed by atoms with Gasteiger partial charge in [0.05, 0.1) is 0 Å². The van der Waals surface area contributed by atoms with Crippen LogP contribution in [0.5, 0.6) is 5.75 Å². The van der Waals surface area contributed by atoms with Crippen LogP contribution in [-0.2, 0) is 0 Å². The number of hydrogen-bond donors (Lipinski definition) is 1. The fourth-order valence-corrected chi connectivity index (χ4v) is 4.51. The Morgan fingerprint density at radius 3 is 1.52 bits per heavy atom. The number of aromatic hydroxyl groups is 1. The standard InChI is InChI=1S/C24H24O/c25-21-16-14-20(15-17-21)24-22(18-8-3-1-4-9-18)12-7-13-23(24)19-10-5-2-6-11-19/h1-6,8-11,14-17,22-25H,7,12-13H2. The summed E-state index contributed by atoms with van der Waals surface area (Å²) in [6.45, 7) is 0. The third kappa shape index (κ3) is 3.32. The van der Waals surface area contributed by atoms with Crippen LogP contribution in [0.4, 0.5) is 0 Å². The molecule has 4 rings (SSSR count). The van der Waals surface area contributed by atoms with E-state index in [0.29, 0.717) is 23.5 Å². The van der Waals surface area contributed by atoms with Gasteiger partial charge >= 0.3 is 0 Å². The quantitative estimate of drug-likeness (QED) is 0.604. The Hall–Kier alpha value is -2.54. The maximum Gasteiger partial charge on any atom is 0.115 e.